The molecule has 4 N–H and O–H groups in total. The van der Waals surface area contributed by atoms with Crippen molar-refractivity contribution in [2.45, 2.75) is 12.5 Å². The number of halogens is 2. The number of rotatable bonds is 3. The van der Waals surface area contributed by atoms with E-state index in [2.05, 4.69) is 15.9 Å². The summed E-state index contributed by atoms with van der Waals surface area (Å²) in [6.07, 6.45) is 0.404. The summed E-state index contributed by atoms with van der Waals surface area (Å²) in [5.74, 6) is 0.0548. The number of hydrogen-bond donors (Lipinski definition) is 3. The molecule has 1 aromatic carbocycles. The monoisotopic (exact) mass is 279 g/mol. The van der Waals surface area contributed by atoms with Gasteiger partial charge in [0.25, 0.3) is 0 Å². The lowest BCUT2D eigenvalue weighted by Gasteiger charge is -2.13. The Morgan fingerprint density at radius 3 is 2.71 bits per heavy atom. The van der Waals surface area contributed by atoms with Crippen molar-refractivity contribution in [3.8, 4) is 5.75 Å². The number of aliphatic hydroxyl groups excluding tert-OH is 1. The molecule has 0 saturated heterocycles. The van der Waals surface area contributed by atoms with E-state index >= 15 is 0 Å². The minimum Gasteiger partial charge on any atom is -0.508 e. The van der Waals surface area contributed by atoms with E-state index in [0.29, 0.717) is 21.5 Å². The van der Waals surface area contributed by atoms with Crippen molar-refractivity contribution in [3.05, 3.63) is 27.2 Å². The van der Waals surface area contributed by atoms with Gasteiger partial charge in [0, 0.05) is 22.7 Å². The first-order chi connectivity index (χ1) is 6.56. The van der Waals surface area contributed by atoms with Crippen molar-refractivity contribution in [1.82, 2.24) is 0 Å². The highest BCUT2D eigenvalue weighted by atomic mass is 79.9. The van der Waals surface area contributed by atoms with Gasteiger partial charge in [-0.3, -0.25) is 0 Å². The summed E-state index contributed by atoms with van der Waals surface area (Å²) in [5, 5.41) is 18.7. The molecule has 0 bridgehead atoms. The molecule has 0 spiro atoms. The number of aromatic hydroxyl groups is 1. The fourth-order valence-corrected chi connectivity index (χ4v) is 1.66. The topological polar surface area (TPSA) is 66.5 Å². The molecule has 1 aromatic rings. The van der Waals surface area contributed by atoms with Gasteiger partial charge in [0.1, 0.15) is 5.75 Å². The van der Waals surface area contributed by atoms with Crippen LogP contribution in [0.1, 0.15) is 18.0 Å². The van der Waals surface area contributed by atoms with Crippen LogP contribution in [-0.4, -0.2) is 16.8 Å². The molecule has 1 rings (SSSR count). The number of phenols is 1. The van der Waals surface area contributed by atoms with Crippen LogP contribution in [0.15, 0.2) is 16.6 Å². The molecule has 0 amide bonds. The van der Waals surface area contributed by atoms with Crippen molar-refractivity contribution in [3.63, 3.8) is 0 Å². The Morgan fingerprint density at radius 2 is 2.14 bits per heavy atom. The van der Waals surface area contributed by atoms with Crippen LogP contribution in [0.4, 0.5) is 0 Å². The molecule has 3 nitrogen and oxygen atoms in total. The molecule has 0 radical (unpaired) electrons. The molecule has 0 aliphatic carbocycles. The summed E-state index contributed by atoms with van der Waals surface area (Å²) < 4.78 is 0.681. The van der Waals surface area contributed by atoms with E-state index in [1.807, 2.05) is 0 Å². The number of phenolic OH excluding ortho intramolecular Hbond substituents is 1. The maximum Gasteiger partial charge on any atom is 0.121 e. The number of hydrogen-bond acceptors (Lipinski definition) is 3. The normalized spacial score (nSPS) is 12.9. The van der Waals surface area contributed by atoms with Gasteiger partial charge in [-0.1, -0.05) is 11.6 Å². The molecule has 0 aliphatic rings. The van der Waals surface area contributed by atoms with Crippen molar-refractivity contribution >= 4 is 27.5 Å². The van der Waals surface area contributed by atoms with Gasteiger partial charge in [-0.25, -0.2) is 0 Å². The van der Waals surface area contributed by atoms with Crippen LogP contribution in [0.25, 0.3) is 0 Å². The molecule has 14 heavy (non-hydrogen) atoms. The first-order valence-corrected chi connectivity index (χ1v) is 5.27. The molecule has 78 valence electrons. The summed E-state index contributed by atoms with van der Waals surface area (Å²) in [6, 6.07) is 2.71. The highest BCUT2D eigenvalue weighted by Crippen LogP contribution is 2.33. The zero-order valence-electron chi connectivity index (χ0n) is 7.37. The summed E-state index contributed by atoms with van der Waals surface area (Å²) in [7, 11) is 0. The Balaban J connectivity index is 3.02. The van der Waals surface area contributed by atoms with Crippen molar-refractivity contribution < 1.29 is 10.2 Å². The summed E-state index contributed by atoms with van der Waals surface area (Å²) in [5.41, 5.74) is 6.32. The third-order valence-electron chi connectivity index (χ3n) is 1.91. The molecular weight excluding hydrogens is 269 g/mol. The Hall–Kier alpha value is -0.290. The summed E-state index contributed by atoms with van der Waals surface area (Å²) >= 11 is 9.01. The molecular formula is C9H11BrClNO2. The molecule has 5 heteroatoms. The van der Waals surface area contributed by atoms with Crippen molar-refractivity contribution in [1.29, 1.82) is 0 Å². The number of nitrogens with two attached hydrogens (primary N) is 1. The largest absolute Gasteiger partial charge is 0.508 e. The Labute approximate surface area is 95.6 Å². The SMILES string of the molecule is N[C@@H](CCO)c1cc(Br)c(Cl)cc1O. The maximum absolute atomic E-state index is 9.55. The number of benzene rings is 1. The zero-order chi connectivity index (χ0) is 10.7. The third-order valence-corrected chi connectivity index (χ3v) is 3.11. The third kappa shape index (κ3) is 2.60. The van der Waals surface area contributed by atoms with Gasteiger partial charge in [0.15, 0.2) is 0 Å². The van der Waals surface area contributed by atoms with Gasteiger partial charge in [-0.15, -0.1) is 0 Å². The van der Waals surface area contributed by atoms with Gasteiger partial charge < -0.3 is 15.9 Å². The standard InChI is InChI=1S/C9H11BrClNO2/c10-6-3-5(8(12)1-2-13)9(14)4-7(6)11/h3-4,8,13-14H,1-2,12H2/t8-/m0/s1. The van der Waals surface area contributed by atoms with Crippen LogP contribution in [0.2, 0.25) is 5.02 Å². The van der Waals surface area contributed by atoms with Crippen LogP contribution in [0, 0.1) is 0 Å². The molecule has 0 fully saturated rings. The molecule has 1 atom stereocenters. The van der Waals surface area contributed by atoms with Crippen molar-refractivity contribution in [2.24, 2.45) is 5.73 Å². The van der Waals surface area contributed by atoms with E-state index in [4.69, 9.17) is 22.4 Å². The van der Waals surface area contributed by atoms with E-state index in [-0.39, 0.29) is 18.4 Å². The molecule has 0 heterocycles. The second kappa shape index (κ2) is 4.98. The molecule has 0 saturated carbocycles. The fraction of sp³-hybridized carbons (Fsp3) is 0.333. The van der Waals surface area contributed by atoms with Crippen LogP contribution < -0.4 is 5.73 Å². The molecule has 0 unspecified atom stereocenters. The second-order valence-electron chi connectivity index (χ2n) is 2.94. The molecule has 0 aliphatic heterocycles. The summed E-state index contributed by atoms with van der Waals surface area (Å²) in [6.45, 7) is -0.0130. The maximum atomic E-state index is 9.55. The average molecular weight is 281 g/mol. The number of aliphatic hydroxyl groups is 1. The van der Waals surface area contributed by atoms with E-state index < -0.39 is 0 Å². The smallest absolute Gasteiger partial charge is 0.121 e. The first kappa shape index (κ1) is 11.8. The Bertz CT molecular complexity index is 333. The minimum atomic E-state index is -0.381. The minimum absolute atomic E-state index is 0.0130. The van der Waals surface area contributed by atoms with Gasteiger partial charge in [0.2, 0.25) is 0 Å². The van der Waals surface area contributed by atoms with Gasteiger partial charge >= 0.3 is 0 Å². The Morgan fingerprint density at radius 1 is 1.50 bits per heavy atom. The lowest BCUT2D eigenvalue weighted by Crippen LogP contribution is -2.12. The van der Waals surface area contributed by atoms with Gasteiger partial charge in [-0.2, -0.15) is 0 Å². The van der Waals surface area contributed by atoms with E-state index in [1.54, 1.807) is 6.07 Å². The quantitative estimate of drug-likeness (QED) is 0.795. The first-order valence-electron chi connectivity index (χ1n) is 4.10. The van der Waals surface area contributed by atoms with Crippen LogP contribution in [0.3, 0.4) is 0 Å². The summed E-state index contributed by atoms with van der Waals surface area (Å²) in [4.78, 5) is 0. The average Bonchev–Trinajstić information content (AvgIpc) is 2.11. The highest BCUT2D eigenvalue weighted by Gasteiger charge is 2.12. The zero-order valence-corrected chi connectivity index (χ0v) is 9.72. The van der Waals surface area contributed by atoms with E-state index in [1.165, 1.54) is 6.07 Å². The molecule has 0 aromatic heterocycles. The highest BCUT2D eigenvalue weighted by molar-refractivity contribution is 9.10. The predicted molar refractivity (Wildman–Crippen MR) is 59.4 cm³/mol. The van der Waals surface area contributed by atoms with Crippen molar-refractivity contribution in [2.75, 3.05) is 6.61 Å². The van der Waals surface area contributed by atoms with Crippen LogP contribution >= 0.6 is 27.5 Å². The van der Waals surface area contributed by atoms with Gasteiger partial charge in [0.05, 0.1) is 5.02 Å². The lowest BCUT2D eigenvalue weighted by atomic mass is 10.0. The van der Waals surface area contributed by atoms with E-state index in [0.717, 1.165) is 0 Å². The van der Waals surface area contributed by atoms with Gasteiger partial charge in [-0.05, 0) is 34.5 Å². The second-order valence-corrected chi connectivity index (χ2v) is 4.21. The fourth-order valence-electron chi connectivity index (χ4n) is 1.14. The predicted octanol–water partition coefficient (Wildman–Crippen LogP) is 2.19. The van der Waals surface area contributed by atoms with E-state index in [9.17, 15) is 5.11 Å². The van der Waals surface area contributed by atoms with Crippen LogP contribution in [0.5, 0.6) is 5.75 Å². The van der Waals surface area contributed by atoms with Crippen LogP contribution in [-0.2, 0) is 0 Å². The lowest BCUT2D eigenvalue weighted by molar-refractivity contribution is 0.275. The Kier molecular flexibility index (Phi) is 4.19.